The Hall–Kier alpha value is -0.650. The predicted molar refractivity (Wildman–Crippen MR) is 72.3 cm³/mol. The highest BCUT2D eigenvalue weighted by molar-refractivity contribution is 7.91. The Balaban J connectivity index is 1.90. The molecule has 0 aromatic carbocycles. The standard InChI is InChI=1S/C12H17ClN2O2S/c1-15(7-10-4-6-18(16,17)9-10)8-12-11(13)3-2-5-14-12/h2-3,5,10H,4,6-9H2,1H3. The number of rotatable bonds is 4. The molecule has 0 spiro atoms. The summed E-state index contributed by atoms with van der Waals surface area (Å²) in [5.41, 5.74) is 0.836. The molecule has 1 saturated heterocycles. The molecule has 18 heavy (non-hydrogen) atoms. The Morgan fingerprint density at radius 2 is 2.33 bits per heavy atom. The molecule has 2 rings (SSSR count). The van der Waals surface area contributed by atoms with Crippen molar-refractivity contribution in [1.82, 2.24) is 9.88 Å². The number of halogens is 1. The number of sulfone groups is 1. The lowest BCUT2D eigenvalue weighted by Gasteiger charge is -2.20. The van der Waals surface area contributed by atoms with Gasteiger partial charge in [0.25, 0.3) is 0 Å². The van der Waals surface area contributed by atoms with Crippen molar-refractivity contribution in [2.24, 2.45) is 5.92 Å². The summed E-state index contributed by atoms with van der Waals surface area (Å²) in [6.45, 7) is 1.42. The number of hydrogen-bond acceptors (Lipinski definition) is 4. The maximum Gasteiger partial charge on any atom is 0.150 e. The van der Waals surface area contributed by atoms with Crippen LogP contribution >= 0.6 is 11.6 Å². The maximum absolute atomic E-state index is 11.4. The molecule has 1 aliphatic heterocycles. The van der Waals surface area contributed by atoms with Crippen molar-refractivity contribution in [1.29, 1.82) is 0 Å². The van der Waals surface area contributed by atoms with Gasteiger partial charge in [-0.25, -0.2) is 8.42 Å². The topological polar surface area (TPSA) is 50.3 Å². The van der Waals surface area contributed by atoms with E-state index in [1.807, 2.05) is 13.1 Å². The third-order valence-corrected chi connectivity index (χ3v) is 5.33. The van der Waals surface area contributed by atoms with Crippen LogP contribution in [0.25, 0.3) is 0 Å². The lowest BCUT2D eigenvalue weighted by Crippen LogP contribution is -2.26. The fourth-order valence-electron chi connectivity index (χ4n) is 2.31. The van der Waals surface area contributed by atoms with E-state index in [-0.39, 0.29) is 5.92 Å². The van der Waals surface area contributed by atoms with E-state index >= 15 is 0 Å². The van der Waals surface area contributed by atoms with E-state index < -0.39 is 9.84 Å². The molecule has 1 aromatic heterocycles. The van der Waals surface area contributed by atoms with Crippen molar-refractivity contribution < 1.29 is 8.42 Å². The molecule has 1 fully saturated rings. The smallest absolute Gasteiger partial charge is 0.150 e. The molecule has 6 heteroatoms. The summed E-state index contributed by atoms with van der Waals surface area (Å²) >= 11 is 6.05. The Kier molecular flexibility index (Phi) is 4.25. The number of aromatic nitrogens is 1. The first-order chi connectivity index (χ1) is 8.46. The van der Waals surface area contributed by atoms with Crippen LogP contribution in [0.3, 0.4) is 0 Å². The maximum atomic E-state index is 11.4. The molecule has 0 radical (unpaired) electrons. The van der Waals surface area contributed by atoms with Gasteiger partial charge in [0, 0.05) is 19.3 Å². The van der Waals surface area contributed by atoms with Gasteiger partial charge in [0.2, 0.25) is 0 Å². The fraction of sp³-hybridized carbons (Fsp3) is 0.583. The molecule has 2 heterocycles. The van der Waals surface area contributed by atoms with E-state index in [0.29, 0.717) is 23.1 Å². The molecular formula is C12H17ClN2O2S. The molecule has 0 saturated carbocycles. The van der Waals surface area contributed by atoms with E-state index in [1.54, 1.807) is 12.3 Å². The first kappa shape index (κ1) is 13.8. The monoisotopic (exact) mass is 288 g/mol. The van der Waals surface area contributed by atoms with Crippen LogP contribution in [0.4, 0.5) is 0 Å². The normalized spacial score (nSPS) is 22.5. The summed E-state index contributed by atoms with van der Waals surface area (Å²) < 4.78 is 22.8. The van der Waals surface area contributed by atoms with Gasteiger partial charge in [-0.3, -0.25) is 4.98 Å². The molecule has 1 unspecified atom stereocenters. The van der Waals surface area contributed by atoms with E-state index in [9.17, 15) is 8.42 Å². The lowest BCUT2D eigenvalue weighted by atomic mass is 10.1. The second-order valence-corrected chi connectivity index (χ2v) is 7.53. The first-order valence-corrected chi connectivity index (χ1v) is 8.14. The van der Waals surface area contributed by atoms with Gasteiger partial charge in [0.15, 0.2) is 9.84 Å². The number of hydrogen-bond donors (Lipinski definition) is 0. The molecule has 4 nitrogen and oxygen atoms in total. The molecule has 0 N–H and O–H groups in total. The zero-order valence-corrected chi connectivity index (χ0v) is 11.9. The number of nitrogens with zero attached hydrogens (tertiary/aromatic N) is 2. The SMILES string of the molecule is CN(Cc1ncccc1Cl)CC1CCS(=O)(=O)C1. The van der Waals surface area contributed by atoms with Gasteiger partial charge >= 0.3 is 0 Å². The minimum Gasteiger partial charge on any atom is -0.300 e. The average molecular weight is 289 g/mol. The Labute approximate surface area is 113 Å². The highest BCUT2D eigenvalue weighted by Crippen LogP contribution is 2.20. The van der Waals surface area contributed by atoms with Crippen LogP contribution < -0.4 is 0 Å². The lowest BCUT2D eigenvalue weighted by molar-refractivity contribution is 0.278. The van der Waals surface area contributed by atoms with E-state index in [0.717, 1.165) is 18.7 Å². The summed E-state index contributed by atoms with van der Waals surface area (Å²) in [5, 5.41) is 0.656. The van der Waals surface area contributed by atoms with E-state index in [1.165, 1.54) is 0 Å². The van der Waals surface area contributed by atoms with Gasteiger partial charge < -0.3 is 4.90 Å². The quantitative estimate of drug-likeness (QED) is 0.844. The van der Waals surface area contributed by atoms with Gasteiger partial charge in [-0.15, -0.1) is 0 Å². The van der Waals surface area contributed by atoms with Crippen LogP contribution in [0.5, 0.6) is 0 Å². The minimum absolute atomic E-state index is 0.238. The highest BCUT2D eigenvalue weighted by Gasteiger charge is 2.28. The van der Waals surface area contributed by atoms with E-state index in [2.05, 4.69) is 9.88 Å². The summed E-state index contributed by atoms with van der Waals surface area (Å²) in [7, 11) is -0.822. The van der Waals surface area contributed by atoms with Gasteiger partial charge in [-0.1, -0.05) is 11.6 Å². The molecule has 0 amide bonds. The Morgan fingerprint density at radius 3 is 2.94 bits per heavy atom. The first-order valence-electron chi connectivity index (χ1n) is 5.94. The molecule has 0 aliphatic carbocycles. The molecule has 0 bridgehead atoms. The van der Waals surface area contributed by atoms with Crippen molar-refractivity contribution in [3.05, 3.63) is 29.0 Å². The molecule has 1 aromatic rings. The van der Waals surface area contributed by atoms with Crippen molar-refractivity contribution in [2.75, 3.05) is 25.1 Å². The largest absolute Gasteiger partial charge is 0.300 e. The Morgan fingerprint density at radius 1 is 1.56 bits per heavy atom. The summed E-state index contributed by atoms with van der Waals surface area (Å²) in [5.74, 6) is 0.880. The van der Waals surface area contributed by atoms with Crippen LogP contribution in [0.15, 0.2) is 18.3 Å². The van der Waals surface area contributed by atoms with Gasteiger partial charge in [-0.05, 0) is 31.5 Å². The average Bonchev–Trinajstić information content (AvgIpc) is 2.61. The van der Waals surface area contributed by atoms with Gasteiger partial charge in [0.1, 0.15) is 0 Å². The third-order valence-electron chi connectivity index (χ3n) is 3.15. The van der Waals surface area contributed by atoms with Gasteiger partial charge in [0.05, 0.1) is 22.2 Å². The van der Waals surface area contributed by atoms with Crippen molar-refractivity contribution >= 4 is 21.4 Å². The highest BCUT2D eigenvalue weighted by atomic mass is 35.5. The van der Waals surface area contributed by atoms with Crippen LogP contribution in [0.2, 0.25) is 5.02 Å². The molecule has 100 valence electrons. The third kappa shape index (κ3) is 3.67. The fourth-order valence-corrected chi connectivity index (χ4v) is 4.34. The van der Waals surface area contributed by atoms with Crippen LogP contribution in [0.1, 0.15) is 12.1 Å². The molecular weight excluding hydrogens is 272 g/mol. The Bertz CT molecular complexity index is 519. The van der Waals surface area contributed by atoms with Crippen LogP contribution in [-0.2, 0) is 16.4 Å². The van der Waals surface area contributed by atoms with Crippen LogP contribution in [0, 0.1) is 5.92 Å². The second-order valence-electron chi connectivity index (χ2n) is 4.90. The predicted octanol–water partition coefficient (Wildman–Crippen LogP) is 1.60. The molecule has 1 atom stereocenters. The second kappa shape index (κ2) is 5.55. The zero-order chi connectivity index (χ0) is 13.2. The minimum atomic E-state index is -2.79. The van der Waals surface area contributed by atoms with Gasteiger partial charge in [-0.2, -0.15) is 0 Å². The van der Waals surface area contributed by atoms with Crippen molar-refractivity contribution in [3.8, 4) is 0 Å². The van der Waals surface area contributed by atoms with E-state index in [4.69, 9.17) is 11.6 Å². The summed E-state index contributed by atoms with van der Waals surface area (Å²) in [4.78, 5) is 6.31. The van der Waals surface area contributed by atoms with Crippen LogP contribution in [-0.4, -0.2) is 43.4 Å². The summed E-state index contributed by atoms with van der Waals surface area (Å²) in [6, 6.07) is 3.62. The van der Waals surface area contributed by atoms with Crippen molar-refractivity contribution in [3.63, 3.8) is 0 Å². The molecule has 1 aliphatic rings. The summed E-state index contributed by atoms with van der Waals surface area (Å²) in [6.07, 6.45) is 2.48. The van der Waals surface area contributed by atoms with Crippen molar-refractivity contribution in [2.45, 2.75) is 13.0 Å². The number of pyridine rings is 1. The zero-order valence-electron chi connectivity index (χ0n) is 10.3.